The molecule has 1 rings (SSSR count). The van der Waals surface area contributed by atoms with Crippen LogP contribution in [-0.4, -0.2) is 28.9 Å². The van der Waals surface area contributed by atoms with E-state index in [1.807, 2.05) is 13.8 Å². The summed E-state index contributed by atoms with van der Waals surface area (Å²) in [5, 5.41) is 0. The summed E-state index contributed by atoms with van der Waals surface area (Å²) in [6, 6.07) is 0.431. The normalized spacial score (nSPS) is 17.4. The number of carbonyl (C=O) groups is 1. The SMILES string of the molecule is CCC(N)(CC)C(=O)N(CC(C)C)C1CCCC1. The summed E-state index contributed by atoms with van der Waals surface area (Å²) >= 11 is 0. The van der Waals surface area contributed by atoms with Gasteiger partial charge in [-0.2, -0.15) is 0 Å². The maximum Gasteiger partial charge on any atom is 0.242 e. The molecule has 1 aliphatic rings. The van der Waals surface area contributed by atoms with Gasteiger partial charge in [-0.25, -0.2) is 0 Å². The maximum absolute atomic E-state index is 12.8. The largest absolute Gasteiger partial charge is 0.338 e. The Morgan fingerprint density at radius 2 is 1.78 bits per heavy atom. The zero-order valence-electron chi connectivity index (χ0n) is 12.5. The van der Waals surface area contributed by atoms with E-state index < -0.39 is 5.54 Å². The molecule has 0 aromatic carbocycles. The average molecular weight is 254 g/mol. The second-order valence-corrected chi connectivity index (χ2v) is 6.15. The standard InChI is InChI=1S/C15H30N2O/c1-5-15(16,6-2)14(18)17(11-12(3)4)13-9-7-8-10-13/h12-13H,5-11,16H2,1-4H3. The average Bonchev–Trinajstić information content (AvgIpc) is 2.87. The molecule has 18 heavy (non-hydrogen) atoms. The van der Waals surface area contributed by atoms with Gasteiger partial charge in [-0.1, -0.05) is 40.5 Å². The van der Waals surface area contributed by atoms with Crippen LogP contribution in [0.2, 0.25) is 0 Å². The van der Waals surface area contributed by atoms with E-state index in [0.29, 0.717) is 12.0 Å². The molecule has 3 nitrogen and oxygen atoms in total. The van der Waals surface area contributed by atoms with Gasteiger partial charge in [-0.15, -0.1) is 0 Å². The van der Waals surface area contributed by atoms with Gasteiger partial charge in [-0.3, -0.25) is 4.79 Å². The fourth-order valence-corrected chi connectivity index (χ4v) is 2.85. The van der Waals surface area contributed by atoms with Crippen molar-refractivity contribution in [1.29, 1.82) is 0 Å². The second-order valence-electron chi connectivity index (χ2n) is 6.15. The Morgan fingerprint density at radius 3 is 2.17 bits per heavy atom. The van der Waals surface area contributed by atoms with E-state index in [1.165, 1.54) is 12.8 Å². The van der Waals surface area contributed by atoms with Crippen molar-refractivity contribution >= 4 is 5.91 Å². The fourth-order valence-electron chi connectivity index (χ4n) is 2.85. The van der Waals surface area contributed by atoms with Crippen LogP contribution in [-0.2, 0) is 4.79 Å². The highest BCUT2D eigenvalue weighted by Crippen LogP contribution is 2.27. The summed E-state index contributed by atoms with van der Waals surface area (Å²) in [5.41, 5.74) is 5.64. The molecule has 106 valence electrons. The van der Waals surface area contributed by atoms with Gasteiger partial charge in [0.1, 0.15) is 0 Å². The third-order valence-electron chi connectivity index (χ3n) is 4.28. The van der Waals surface area contributed by atoms with Gasteiger partial charge in [0.25, 0.3) is 0 Å². The molecule has 0 saturated heterocycles. The van der Waals surface area contributed by atoms with Crippen LogP contribution < -0.4 is 5.73 Å². The predicted octanol–water partition coefficient (Wildman–Crippen LogP) is 2.93. The highest BCUT2D eigenvalue weighted by Gasteiger charge is 2.37. The number of carbonyl (C=O) groups excluding carboxylic acids is 1. The van der Waals surface area contributed by atoms with Gasteiger partial charge in [0.05, 0.1) is 5.54 Å². The first-order valence-electron chi connectivity index (χ1n) is 7.54. The van der Waals surface area contributed by atoms with E-state index in [-0.39, 0.29) is 5.91 Å². The van der Waals surface area contributed by atoms with Crippen LogP contribution in [0.15, 0.2) is 0 Å². The number of hydrogen-bond acceptors (Lipinski definition) is 2. The van der Waals surface area contributed by atoms with Gasteiger partial charge in [-0.05, 0) is 31.6 Å². The predicted molar refractivity (Wildman–Crippen MR) is 76.3 cm³/mol. The molecule has 0 unspecified atom stereocenters. The summed E-state index contributed by atoms with van der Waals surface area (Å²) < 4.78 is 0. The van der Waals surface area contributed by atoms with Crippen molar-refractivity contribution in [3.05, 3.63) is 0 Å². The molecule has 2 N–H and O–H groups in total. The van der Waals surface area contributed by atoms with E-state index in [2.05, 4.69) is 18.7 Å². The van der Waals surface area contributed by atoms with Gasteiger partial charge in [0, 0.05) is 12.6 Å². The number of nitrogens with two attached hydrogens (primary N) is 1. The van der Waals surface area contributed by atoms with Crippen molar-refractivity contribution in [2.45, 2.75) is 77.8 Å². The van der Waals surface area contributed by atoms with Crippen molar-refractivity contribution in [3.63, 3.8) is 0 Å². The Labute approximate surface area is 112 Å². The van der Waals surface area contributed by atoms with Crippen molar-refractivity contribution < 1.29 is 4.79 Å². The Kier molecular flexibility index (Phi) is 5.64. The van der Waals surface area contributed by atoms with E-state index in [4.69, 9.17) is 5.73 Å². The molecule has 1 saturated carbocycles. The first-order chi connectivity index (χ1) is 8.44. The van der Waals surface area contributed by atoms with Crippen molar-refractivity contribution in [1.82, 2.24) is 4.90 Å². The van der Waals surface area contributed by atoms with Crippen LogP contribution >= 0.6 is 0 Å². The molecule has 0 aliphatic heterocycles. The minimum Gasteiger partial charge on any atom is -0.338 e. The topological polar surface area (TPSA) is 46.3 Å². The number of hydrogen-bond donors (Lipinski definition) is 1. The molecule has 0 spiro atoms. The van der Waals surface area contributed by atoms with Crippen LogP contribution in [0, 0.1) is 5.92 Å². The van der Waals surface area contributed by atoms with E-state index in [1.54, 1.807) is 0 Å². The van der Waals surface area contributed by atoms with Gasteiger partial charge < -0.3 is 10.6 Å². The number of nitrogens with zero attached hydrogens (tertiary/aromatic N) is 1. The van der Waals surface area contributed by atoms with Crippen molar-refractivity contribution in [3.8, 4) is 0 Å². The van der Waals surface area contributed by atoms with Crippen LogP contribution in [0.1, 0.15) is 66.2 Å². The molecular formula is C15H30N2O. The molecule has 0 aromatic rings. The van der Waals surface area contributed by atoms with E-state index >= 15 is 0 Å². The minimum absolute atomic E-state index is 0.174. The zero-order valence-corrected chi connectivity index (χ0v) is 12.5. The molecule has 0 atom stereocenters. The van der Waals surface area contributed by atoms with Gasteiger partial charge in [0.2, 0.25) is 5.91 Å². The lowest BCUT2D eigenvalue weighted by molar-refractivity contribution is -0.140. The molecule has 0 aromatic heterocycles. The second kappa shape index (κ2) is 6.55. The Morgan fingerprint density at radius 1 is 1.28 bits per heavy atom. The highest BCUT2D eigenvalue weighted by molar-refractivity contribution is 5.86. The first kappa shape index (κ1) is 15.5. The molecule has 3 heteroatoms. The monoisotopic (exact) mass is 254 g/mol. The lowest BCUT2D eigenvalue weighted by Crippen LogP contribution is -2.57. The zero-order chi connectivity index (χ0) is 13.8. The third kappa shape index (κ3) is 3.47. The van der Waals surface area contributed by atoms with Crippen molar-refractivity contribution in [2.24, 2.45) is 11.7 Å². The third-order valence-corrected chi connectivity index (χ3v) is 4.28. The Hall–Kier alpha value is -0.570. The van der Waals surface area contributed by atoms with E-state index in [0.717, 1.165) is 32.2 Å². The highest BCUT2D eigenvalue weighted by atomic mass is 16.2. The molecule has 1 amide bonds. The van der Waals surface area contributed by atoms with Crippen LogP contribution in [0.3, 0.4) is 0 Å². The summed E-state index contributed by atoms with van der Waals surface area (Å²) in [6.45, 7) is 9.23. The lowest BCUT2D eigenvalue weighted by Gasteiger charge is -2.37. The van der Waals surface area contributed by atoms with Crippen molar-refractivity contribution in [2.75, 3.05) is 6.54 Å². The first-order valence-corrected chi connectivity index (χ1v) is 7.54. The minimum atomic E-state index is -0.655. The summed E-state index contributed by atoms with van der Waals surface area (Å²) in [4.78, 5) is 14.8. The molecule has 0 bridgehead atoms. The lowest BCUT2D eigenvalue weighted by atomic mass is 9.91. The number of rotatable bonds is 6. The van der Waals surface area contributed by atoms with Crippen LogP contribution in [0.4, 0.5) is 0 Å². The summed E-state index contributed by atoms with van der Waals surface area (Å²) in [6.07, 6.45) is 6.27. The summed E-state index contributed by atoms with van der Waals surface area (Å²) in [7, 11) is 0. The van der Waals surface area contributed by atoms with Gasteiger partial charge in [0.15, 0.2) is 0 Å². The van der Waals surface area contributed by atoms with E-state index in [9.17, 15) is 4.79 Å². The maximum atomic E-state index is 12.8. The molecule has 1 aliphatic carbocycles. The molecule has 0 heterocycles. The Bertz CT molecular complexity index is 266. The fraction of sp³-hybridized carbons (Fsp3) is 0.933. The van der Waals surface area contributed by atoms with Crippen LogP contribution in [0.25, 0.3) is 0 Å². The number of amides is 1. The van der Waals surface area contributed by atoms with Crippen LogP contribution in [0.5, 0.6) is 0 Å². The Balaban J connectivity index is 2.84. The smallest absolute Gasteiger partial charge is 0.242 e. The quantitative estimate of drug-likeness (QED) is 0.792. The van der Waals surface area contributed by atoms with Gasteiger partial charge >= 0.3 is 0 Å². The molecular weight excluding hydrogens is 224 g/mol. The summed E-state index contributed by atoms with van der Waals surface area (Å²) in [5.74, 6) is 0.681. The molecule has 0 radical (unpaired) electrons. The molecule has 1 fully saturated rings.